The summed E-state index contributed by atoms with van der Waals surface area (Å²) >= 11 is 3.33. The Morgan fingerprint density at radius 3 is 2.06 bits per heavy atom. The second-order valence-corrected chi connectivity index (χ2v) is 20.3. The van der Waals surface area contributed by atoms with Crippen molar-refractivity contribution in [2.45, 2.75) is 34.3 Å². The molecule has 0 fully saturated rings. The molecule has 0 radical (unpaired) electrons. The summed E-state index contributed by atoms with van der Waals surface area (Å²) in [6, 6.07) is 3.32. The summed E-state index contributed by atoms with van der Waals surface area (Å²) in [5, 5.41) is 0.171. The van der Waals surface area contributed by atoms with Gasteiger partial charge in [0.15, 0.2) is 0 Å². The summed E-state index contributed by atoms with van der Waals surface area (Å²) < 4.78 is 28.9. The first kappa shape index (κ1) is 14.2. The monoisotopic (exact) mass is 354 g/mol. The molecule has 1 aromatic carbocycles. The second-order valence-electron chi connectivity index (χ2n) is 5.51. The molecular weight excluding hydrogens is 336 g/mol. The summed E-state index contributed by atoms with van der Waals surface area (Å²) in [5.74, 6) is -0.441. The Morgan fingerprint density at radius 2 is 1.69 bits per heavy atom. The zero-order valence-electron chi connectivity index (χ0n) is 10.3. The van der Waals surface area contributed by atoms with Crippen LogP contribution in [0.2, 0.25) is 19.8 Å². The van der Waals surface area contributed by atoms with Gasteiger partial charge in [-0.2, -0.15) is 0 Å². The van der Waals surface area contributed by atoms with Gasteiger partial charge in [0.2, 0.25) is 0 Å². The standard InChI is InChI=1S/C9H8ClF2.3CH3.Sn/c1-9(2,12)8-6(10)4-3-5-7(8)11;;;;/h3-4H,1-2H3;3*1H3;. The molecule has 1 aromatic rings. The SMILES string of the molecule is CC(C)(F)c1c(Cl)cc[c]([Sn]([CH3])([CH3])[CH3])c1F. The van der Waals surface area contributed by atoms with Crippen molar-refractivity contribution in [1.29, 1.82) is 0 Å². The molecule has 0 amide bonds. The second kappa shape index (κ2) is 4.45. The average molecular weight is 353 g/mol. The van der Waals surface area contributed by atoms with Crippen molar-refractivity contribution in [3.63, 3.8) is 0 Å². The summed E-state index contributed by atoms with van der Waals surface area (Å²) in [6.45, 7) is 2.67. The fourth-order valence-electron chi connectivity index (χ4n) is 1.68. The van der Waals surface area contributed by atoms with Gasteiger partial charge in [-0.25, -0.2) is 0 Å². The first-order valence-corrected chi connectivity index (χ1v) is 15.6. The number of rotatable bonds is 2. The summed E-state index contributed by atoms with van der Waals surface area (Å²) in [4.78, 5) is 6.28. The maximum absolute atomic E-state index is 14.3. The van der Waals surface area contributed by atoms with Crippen molar-refractivity contribution in [2.75, 3.05) is 0 Å². The van der Waals surface area contributed by atoms with Crippen molar-refractivity contribution in [2.24, 2.45) is 0 Å². The van der Waals surface area contributed by atoms with Gasteiger partial charge in [-0.15, -0.1) is 0 Å². The first-order chi connectivity index (χ1) is 7.05. The summed E-state index contributed by atoms with van der Waals surface area (Å²) in [6.07, 6.45) is 0. The molecule has 0 atom stereocenters. The third-order valence-electron chi connectivity index (χ3n) is 2.49. The Bertz CT molecular complexity index is 403. The molecule has 0 N–H and O–H groups in total. The minimum atomic E-state index is -2.55. The molecule has 0 aliphatic rings. The van der Waals surface area contributed by atoms with Crippen LogP contribution in [0.3, 0.4) is 0 Å². The topological polar surface area (TPSA) is 0 Å². The van der Waals surface area contributed by atoms with E-state index in [0.717, 1.165) is 0 Å². The van der Waals surface area contributed by atoms with E-state index in [1.165, 1.54) is 13.8 Å². The van der Waals surface area contributed by atoms with Gasteiger partial charge >= 0.3 is 105 Å². The van der Waals surface area contributed by atoms with E-state index in [2.05, 4.69) is 14.8 Å². The van der Waals surface area contributed by atoms with Crippen molar-refractivity contribution >= 4 is 33.6 Å². The Morgan fingerprint density at radius 1 is 1.19 bits per heavy atom. The van der Waals surface area contributed by atoms with E-state index in [9.17, 15) is 8.78 Å². The van der Waals surface area contributed by atoms with E-state index in [4.69, 9.17) is 11.6 Å². The van der Waals surface area contributed by atoms with Crippen molar-refractivity contribution in [3.8, 4) is 0 Å². The molecule has 0 bridgehead atoms. The fraction of sp³-hybridized carbons (Fsp3) is 0.500. The Hall–Kier alpha value is 0.169. The molecule has 0 aliphatic carbocycles. The van der Waals surface area contributed by atoms with Gasteiger partial charge in [0.25, 0.3) is 0 Å². The normalized spacial score (nSPS) is 13.0. The number of benzene rings is 1. The molecular formula is C12H17ClF2Sn. The van der Waals surface area contributed by atoms with E-state index >= 15 is 0 Å². The predicted octanol–water partition coefficient (Wildman–Crippen LogP) is 4.23. The molecule has 0 saturated carbocycles. The van der Waals surface area contributed by atoms with Crippen LogP contribution in [-0.4, -0.2) is 18.4 Å². The zero-order chi connectivity index (χ0) is 12.7. The Balaban J connectivity index is 3.52. The van der Waals surface area contributed by atoms with Crippen LogP contribution in [0.4, 0.5) is 8.78 Å². The van der Waals surface area contributed by atoms with Crippen LogP contribution in [0.25, 0.3) is 0 Å². The van der Waals surface area contributed by atoms with Gasteiger partial charge in [0.05, 0.1) is 0 Å². The zero-order valence-corrected chi connectivity index (χ0v) is 13.9. The van der Waals surface area contributed by atoms with Crippen molar-refractivity contribution < 1.29 is 8.78 Å². The van der Waals surface area contributed by atoms with Crippen LogP contribution in [-0.2, 0) is 5.67 Å². The van der Waals surface area contributed by atoms with Gasteiger partial charge in [-0.3, -0.25) is 0 Å². The van der Waals surface area contributed by atoms with Crippen LogP contribution in [0.5, 0.6) is 0 Å². The van der Waals surface area contributed by atoms with Gasteiger partial charge in [-0.1, -0.05) is 0 Å². The van der Waals surface area contributed by atoms with E-state index in [1.807, 2.05) is 0 Å². The predicted molar refractivity (Wildman–Crippen MR) is 68.5 cm³/mol. The molecule has 0 aromatic heterocycles. The summed E-state index contributed by atoms with van der Waals surface area (Å²) in [7, 11) is 0. The minimum absolute atomic E-state index is 0.00158. The molecule has 0 unspecified atom stereocenters. The average Bonchev–Trinajstić information content (AvgIpc) is 1.97. The van der Waals surface area contributed by atoms with Crippen LogP contribution in [0.1, 0.15) is 19.4 Å². The van der Waals surface area contributed by atoms with Gasteiger partial charge in [0, 0.05) is 0 Å². The van der Waals surface area contributed by atoms with Gasteiger partial charge in [-0.05, 0) is 0 Å². The Labute approximate surface area is 105 Å². The third-order valence-corrected chi connectivity index (χ3v) is 8.52. The maximum atomic E-state index is 14.3. The number of alkyl halides is 1. The molecule has 0 nitrogen and oxygen atoms in total. The van der Waals surface area contributed by atoms with E-state index < -0.39 is 29.9 Å². The van der Waals surface area contributed by atoms with Crippen LogP contribution < -0.4 is 3.58 Å². The molecule has 90 valence electrons. The Kier molecular flexibility index (Phi) is 3.95. The van der Waals surface area contributed by atoms with Gasteiger partial charge < -0.3 is 0 Å². The molecule has 0 saturated heterocycles. The number of hydrogen-bond donors (Lipinski definition) is 0. The number of hydrogen-bond acceptors (Lipinski definition) is 0. The first-order valence-electron chi connectivity index (χ1n) is 5.23. The van der Waals surface area contributed by atoms with E-state index in [-0.39, 0.29) is 10.6 Å². The molecule has 4 heteroatoms. The summed E-state index contributed by atoms with van der Waals surface area (Å²) in [5.41, 5.74) is -1.74. The molecule has 0 aliphatic heterocycles. The van der Waals surface area contributed by atoms with E-state index in [1.54, 1.807) is 12.1 Å². The molecule has 1 rings (SSSR count). The quantitative estimate of drug-likeness (QED) is 0.698. The van der Waals surface area contributed by atoms with Crippen molar-refractivity contribution in [1.82, 2.24) is 0 Å². The number of halogens is 3. The molecule has 16 heavy (non-hydrogen) atoms. The molecule has 0 heterocycles. The van der Waals surface area contributed by atoms with Crippen LogP contribution in [0, 0.1) is 5.82 Å². The van der Waals surface area contributed by atoms with Crippen LogP contribution in [0.15, 0.2) is 12.1 Å². The van der Waals surface area contributed by atoms with Crippen molar-refractivity contribution in [3.05, 3.63) is 28.5 Å². The molecule has 0 spiro atoms. The third kappa shape index (κ3) is 2.89. The fourth-order valence-corrected chi connectivity index (χ4v) is 5.95. The van der Waals surface area contributed by atoms with Gasteiger partial charge in [0.1, 0.15) is 0 Å². The van der Waals surface area contributed by atoms with E-state index in [0.29, 0.717) is 3.58 Å². The van der Waals surface area contributed by atoms with Crippen LogP contribution >= 0.6 is 11.6 Å².